The van der Waals surface area contributed by atoms with Crippen molar-refractivity contribution >= 4 is 16.8 Å². The number of methoxy groups -OCH3 is 1. The predicted octanol–water partition coefficient (Wildman–Crippen LogP) is 4.31. The number of hydrogen-bond donors (Lipinski definition) is 2. The first-order chi connectivity index (χ1) is 17.0. The molecule has 180 valence electrons. The second-order valence-electron chi connectivity index (χ2n) is 9.04. The lowest BCUT2D eigenvalue weighted by atomic mass is 9.95. The summed E-state index contributed by atoms with van der Waals surface area (Å²) in [4.78, 5) is 17.8. The van der Waals surface area contributed by atoms with Crippen LogP contribution in [0.25, 0.3) is 22.4 Å². The van der Waals surface area contributed by atoms with Crippen molar-refractivity contribution in [1.29, 1.82) is 0 Å². The van der Waals surface area contributed by atoms with Crippen LogP contribution in [0, 0.1) is 13.8 Å². The first-order valence-corrected chi connectivity index (χ1v) is 11.9. The lowest BCUT2D eigenvalue weighted by Gasteiger charge is -2.21. The van der Waals surface area contributed by atoms with Crippen molar-refractivity contribution in [3.63, 3.8) is 0 Å². The number of carbonyl (C=O) groups is 1. The Labute approximate surface area is 204 Å². The molecule has 0 spiro atoms. The maximum atomic E-state index is 13.2. The van der Waals surface area contributed by atoms with Crippen LogP contribution in [-0.2, 0) is 5.54 Å². The van der Waals surface area contributed by atoms with Gasteiger partial charge in [0.15, 0.2) is 0 Å². The average Bonchev–Trinajstić information content (AvgIpc) is 3.47. The van der Waals surface area contributed by atoms with Crippen LogP contribution >= 0.6 is 0 Å². The quantitative estimate of drug-likeness (QED) is 0.447. The molecule has 0 bridgehead atoms. The van der Waals surface area contributed by atoms with E-state index in [4.69, 9.17) is 9.15 Å². The van der Waals surface area contributed by atoms with Crippen molar-refractivity contribution < 1.29 is 13.9 Å². The highest BCUT2D eigenvalue weighted by atomic mass is 16.5. The number of amides is 1. The molecule has 1 saturated heterocycles. The molecule has 2 aliphatic rings. The molecule has 35 heavy (non-hydrogen) atoms. The first-order valence-electron chi connectivity index (χ1n) is 11.9. The lowest BCUT2D eigenvalue weighted by Crippen LogP contribution is -2.35. The van der Waals surface area contributed by atoms with Crippen LogP contribution in [0.1, 0.15) is 46.6 Å². The third kappa shape index (κ3) is 4.74. The van der Waals surface area contributed by atoms with Crippen molar-refractivity contribution in [3.05, 3.63) is 71.2 Å². The number of nitrogens with zero attached hydrogens (tertiary/aromatic N) is 3. The Hall–Kier alpha value is -3.78. The number of nitrogens with one attached hydrogen (secondary N) is 2. The fourth-order valence-electron chi connectivity index (χ4n) is 4.14. The maximum absolute atomic E-state index is 13.2. The summed E-state index contributed by atoms with van der Waals surface area (Å²) < 4.78 is 11.0. The summed E-state index contributed by atoms with van der Waals surface area (Å²) in [6, 6.07) is 13.4. The summed E-state index contributed by atoms with van der Waals surface area (Å²) in [7, 11) is 1.60. The number of hydrogen-bond acceptors (Lipinski definition) is 7. The smallest absolute Gasteiger partial charge is 0.252 e. The van der Waals surface area contributed by atoms with E-state index in [1.54, 1.807) is 26.3 Å². The Morgan fingerprint density at radius 3 is 2.51 bits per heavy atom. The molecule has 2 aromatic carbocycles. The number of benzene rings is 2. The summed E-state index contributed by atoms with van der Waals surface area (Å²) in [5, 5.41) is 15.5. The van der Waals surface area contributed by atoms with Gasteiger partial charge in [-0.15, -0.1) is 10.2 Å². The number of ether oxygens (including phenoxy) is 1. The van der Waals surface area contributed by atoms with Crippen LogP contribution in [0.5, 0.6) is 5.75 Å². The minimum atomic E-state index is -0.459. The molecule has 8 nitrogen and oxygen atoms in total. The number of fused-ring (bicyclic) bond motifs is 1. The maximum Gasteiger partial charge on any atom is 0.252 e. The van der Waals surface area contributed by atoms with Crippen LogP contribution in [0.2, 0.25) is 0 Å². The highest BCUT2D eigenvalue weighted by molar-refractivity contribution is 5.97. The van der Waals surface area contributed by atoms with E-state index in [0.717, 1.165) is 40.4 Å². The van der Waals surface area contributed by atoms with Gasteiger partial charge in [0, 0.05) is 29.6 Å². The molecule has 2 fully saturated rings. The van der Waals surface area contributed by atoms with E-state index >= 15 is 0 Å². The molecule has 2 aromatic heterocycles. The van der Waals surface area contributed by atoms with Gasteiger partial charge in [-0.25, -0.2) is 0 Å². The molecule has 0 radical (unpaired) electrons. The van der Waals surface area contributed by atoms with Gasteiger partial charge in [0.2, 0.25) is 11.8 Å². The van der Waals surface area contributed by atoms with Gasteiger partial charge in [0.25, 0.3) is 5.91 Å². The van der Waals surface area contributed by atoms with E-state index in [9.17, 15) is 4.79 Å². The zero-order chi connectivity index (χ0) is 24.4. The first kappa shape index (κ1) is 23.0. The van der Waals surface area contributed by atoms with Crippen LogP contribution in [0.15, 0.2) is 53.1 Å². The van der Waals surface area contributed by atoms with E-state index in [-0.39, 0.29) is 5.91 Å². The van der Waals surface area contributed by atoms with Gasteiger partial charge in [0.1, 0.15) is 5.75 Å². The molecule has 2 N–H and O–H groups in total. The van der Waals surface area contributed by atoms with E-state index in [1.807, 2.05) is 43.3 Å². The van der Waals surface area contributed by atoms with Crippen molar-refractivity contribution in [2.75, 3.05) is 20.2 Å². The summed E-state index contributed by atoms with van der Waals surface area (Å²) >= 11 is 0. The van der Waals surface area contributed by atoms with Gasteiger partial charge in [-0.3, -0.25) is 9.78 Å². The molecule has 6 rings (SSSR count). The Balaban J connectivity index is 0.000000577. The normalized spacial score (nSPS) is 15.5. The molecule has 1 amide bonds. The highest BCUT2D eigenvalue weighted by Crippen LogP contribution is 2.49. The summed E-state index contributed by atoms with van der Waals surface area (Å²) in [5.74, 6) is 1.48. The van der Waals surface area contributed by atoms with Gasteiger partial charge in [-0.1, -0.05) is 12.1 Å². The largest absolute Gasteiger partial charge is 0.497 e. The molecule has 0 atom stereocenters. The highest BCUT2D eigenvalue weighted by Gasteiger charge is 2.47. The summed E-state index contributed by atoms with van der Waals surface area (Å²) in [5.41, 5.74) is 3.67. The second kappa shape index (κ2) is 9.46. The Morgan fingerprint density at radius 1 is 1.11 bits per heavy atom. The van der Waals surface area contributed by atoms with E-state index in [0.29, 0.717) is 23.1 Å². The fraction of sp³-hybridized carbons (Fsp3) is 0.333. The van der Waals surface area contributed by atoms with Crippen molar-refractivity contribution in [1.82, 2.24) is 25.8 Å². The molecule has 1 saturated carbocycles. The average molecular weight is 472 g/mol. The molecular weight excluding hydrogens is 442 g/mol. The number of pyridine rings is 1. The monoisotopic (exact) mass is 471 g/mol. The van der Waals surface area contributed by atoms with Gasteiger partial charge < -0.3 is 19.8 Å². The van der Waals surface area contributed by atoms with Crippen molar-refractivity contribution in [2.24, 2.45) is 0 Å². The third-order valence-corrected chi connectivity index (χ3v) is 6.51. The molecule has 4 aromatic rings. The Kier molecular flexibility index (Phi) is 6.21. The van der Waals surface area contributed by atoms with Gasteiger partial charge >= 0.3 is 0 Å². The minimum Gasteiger partial charge on any atom is -0.497 e. The summed E-state index contributed by atoms with van der Waals surface area (Å²) in [6.07, 6.45) is 4.84. The fourth-order valence-corrected chi connectivity index (χ4v) is 4.14. The lowest BCUT2D eigenvalue weighted by molar-refractivity contribution is 0.0930. The minimum absolute atomic E-state index is 0.120. The van der Waals surface area contributed by atoms with Gasteiger partial charge in [0.05, 0.1) is 18.2 Å². The molecule has 1 aliphatic heterocycles. The van der Waals surface area contributed by atoms with Crippen LogP contribution < -0.4 is 15.4 Å². The number of aryl methyl sites for hydroxylation is 2. The van der Waals surface area contributed by atoms with Gasteiger partial charge in [-0.2, -0.15) is 0 Å². The molecule has 3 heterocycles. The zero-order valence-electron chi connectivity index (χ0n) is 20.2. The third-order valence-electron chi connectivity index (χ3n) is 6.51. The van der Waals surface area contributed by atoms with Crippen LogP contribution in [-0.4, -0.2) is 41.3 Å². The standard InChI is InChI=1S/C24H22N4O3.C3H7N/c1-14-6-7-17(30-3)13-19(14)22(29)26-24(8-9-24)20-11-16(23-28-27-15(2)31-23)12-21-18(20)5-4-10-25-21;1-2-4-3-1/h4-7,10-13H,8-9H2,1-3H3,(H,26,29);4H,1-3H2. The Morgan fingerprint density at radius 2 is 1.89 bits per heavy atom. The van der Waals surface area contributed by atoms with E-state index < -0.39 is 5.54 Å². The van der Waals surface area contributed by atoms with Crippen LogP contribution in [0.4, 0.5) is 0 Å². The van der Waals surface area contributed by atoms with E-state index in [2.05, 4.69) is 25.8 Å². The van der Waals surface area contributed by atoms with Crippen molar-refractivity contribution in [2.45, 2.75) is 38.6 Å². The number of rotatable bonds is 5. The predicted molar refractivity (Wildman–Crippen MR) is 133 cm³/mol. The summed E-state index contributed by atoms with van der Waals surface area (Å²) in [6.45, 7) is 6.18. The number of carbonyl (C=O) groups excluding carboxylic acids is 1. The van der Waals surface area contributed by atoms with Crippen LogP contribution in [0.3, 0.4) is 0 Å². The molecule has 0 unspecified atom stereocenters. The number of aromatic nitrogens is 3. The molecular formula is C27H29N5O3. The Bertz CT molecular complexity index is 1370. The molecule has 1 aliphatic carbocycles. The molecule has 8 heteroatoms. The van der Waals surface area contributed by atoms with E-state index in [1.165, 1.54) is 19.5 Å². The van der Waals surface area contributed by atoms with Gasteiger partial charge in [-0.05, 0) is 80.7 Å². The zero-order valence-corrected chi connectivity index (χ0v) is 20.2. The SMILES string of the molecule is C1CNC1.COc1ccc(C)c(C(=O)NC2(c3cc(-c4nnc(C)o4)cc4ncccc34)CC2)c1. The second-order valence-corrected chi connectivity index (χ2v) is 9.04. The van der Waals surface area contributed by atoms with Crippen molar-refractivity contribution in [3.8, 4) is 17.2 Å². The topological polar surface area (TPSA) is 102 Å².